The van der Waals surface area contributed by atoms with Crippen LogP contribution in [-0.2, 0) is 9.53 Å². The van der Waals surface area contributed by atoms with E-state index in [1.165, 1.54) is 0 Å². The number of hydrogen-bond donors (Lipinski definition) is 1. The third kappa shape index (κ3) is 3.20. The molecular weight excluding hydrogens is 318 g/mol. The molecule has 25 heavy (non-hydrogen) atoms. The van der Waals surface area contributed by atoms with Gasteiger partial charge in [-0.3, -0.25) is 4.79 Å². The van der Waals surface area contributed by atoms with Crippen molar-refractivity contribution < 1.29 is 19.4 Å². The van der Waals surface area contributed by atoms with Gasteiger partial charge in [0.15, 0.2) is 0 Å². The van der Waals surface area contributed by atoms with Crippen molar-refractivity contribution >= 4 is 5.91 Å². The third-order valence-corrected chi connectivity index (χ3v) is 4.88. The van der Waals surface area contributed by atoms with Crippen LogP contribution in [0, 0.1) is 0 Å². The van der Waals surface area contributed by atoms with Gasteiger partial charge in [0.05, 0.1) is 25.7 Å². The van der Waals surface area contributed by atoms with Gasteiger partial charge in [-0.15, -0.1) is 0 Å². The quantitative estimate of drug-likeness (QED) is 0.914. The number of phenols is 1. The van der Waals surface area contributed by atoms with Crippen molar-refractivity contribution in [1.82, 2.24) is 4.90 Å². The molecule has 1 fully saturated rings. The number of benzene rings is 2. The van der Waals surface area contributed by atoms with Crippen molar-refractivity contribution in [1.29, 1.82) is 0 Å². The molecule has 4 rings (SSSR count). The van der Waals surface area contributed by atoms with Crippen LogP contribution < -0.4 is 4.74 Å². The molecule has 0 aromatic heterocycles. The number of hydrogen-bond acceptors (Lipinski definition) is 4. The van der Waals surface area contributed by atoms with Crippen LogP contribution in [0.15, 0.2) is 48.5 Å². The topological polar surface area (TPSA) is 59.0 Å². The highest BCUT2D eigenvalue weighted by Crippen LogP contribution is 2.35. The Morgan fingerprint density at radius 1 is 1.12 bits per heavy atom. The average molecular weight is 339 g/mol. The van der Waals surface area contributed by atoms with E-state index in [0.29, 0.717) is 32.7 Å². The van der Waals surface area contributed by atoms with E-state index in [1.54, 1.807) is 18.2 Å². The van der Waals surface area contributed by atoms with Crippen molar-refractivity contribution in [2.45, 2.75) is 18.4 Å². The van der Waals surface area contributed by atoms with Gasteiger partial charge in [0.1, 0.15) is 17.6 Å². The molecule has 2 atom stereocenters. The predicted octanol–water partition coefficient (Wildman–Crippen LogP) is 2.86. The summed E-state index contributed by atoms with van der Waals surface area (Å²) < 4.78 is 11.5. The Kier molecular flexibility index (Phi) is 4.32. The molecule has 2 aromatic carbocycles. The van der Waals surface area contributed by atoms with E-state index in [0.717, 1.165) is 16.9 Å². The summed E-state index contributed by atoms with van der Waals surface area (Å²) in [5, 5.41) is 9.68. The molecular formula is C20H21NO4. The number of phenolic OH excluding ortho intramolecular Hbond substituents is 1. The van der Waals surface area contributed by atoms with Crippen LogP contribution in [-0.4, -0.2) is 42.2 Å². The number of para-hydroxylation sites is 1. The van der Waals surface area contributed by atoms with Crippen molar-refractivity contribution in [3.05, 3.63) is 59.7 Å². The summed E-state index contributed by atoms with van der Waals surface area (Å²) in [5.74, 6) is 0.991. The number of fused-ring (bicyclic) bond motifs is 1. The van der Waals surface area contributed by atoms with Crippen molar-refractivity contribution in [3.8, 4) is 11.5 Å². The molecule has 2 aromatic rings. The monoisotopic (exact) mass is 339 g/mol. The maximum absolute atomic E-state index is 13.1. The highest BCUT2D eigenvalue weighted by Gasteiger charge is 2.33. The first-order valence-corrected chi connectivity index (χ1v) is 8.63. The average Bonchev–Trinajstić information content (AvgIpc) is 2.67. The van der Waals surface area contributed by atoms with Gasteiger partial charge < -0.3 is 19.5 Å². The summed E-state index contributed by atoms with van der Waals surface area (Å²) >= 11 is 0. The predicted molar refractivity (Wildman–Crippen MR) is 92.7 cm³/mol. The second kappa shape index (κ2) is 6.76. The van der Waals surface area contributed by atoms with E-state index >= 15 is 0 Å². The van der Waals surface area contributed by atoms with Crippen LogP contribution in [0.4, 0.5) is 0 Å². The van der Waals surface area contributed by atoms with E-state index in [2.05, 4.69) is 0 Å². The lowest BCUT2D eigenvalue weighted by Gasteiger charge is -2.36. The zero-order valence-electron chi connectivity index (χ0n) is 13.9. The van der Waals surface area contributed by atoms with Crippen LogP contribution in [0.3, 0.4) is 0 Å². The first-order valence-electron chi connectivity index (χ1n) is 8.63. The van der Waals surface area contributed by atoms with Crippen molar-refractivity contribution in [2.24, 2.45) is 0 Å². The molecule has 2 heterocycles. The Bertz CT molecular complexity index is 776. The first kappa shape index (κ1) is 16.0. The van der Waals surface area contributed by atoms with Crippen LogP contribution >= 0.6 is 0 Å². The smallest absolute Gasteiger partial charge is 0.230 e. The van der Waals surface area contributed by atoms with Gasteiger partial charge in [-0.1, -0.05) is 30.3 Å². The van der Waals surface area contributed by atoms with Gasteiger partial charge in [-0.25, -0.2) is 0 Å². The Hall–Kier alpha value is -2.53. The fourth-order valence-electron chi connectivity index (χ4n) is 3.60. The lowest BCUT2D eigenvalue weighted by molar-refractivity contribution is -0.141. The summed E-state index contributed by atoms with van der Waals surface area (Å²) in [5.41, 5.74) is 1.86. The molecule has 1 saturated heterocycles. The van der Waals surface area contributed by atoms with Gasteiger partial charge in [0.2, 0.25) is 5.91 Å². The molecule has 2 aliphatic heterocycles. The largest absolute Gasteiger partial charge is 0.508 e. The number of ether oxygens (including phenoxy) is 2. The van der Waals surface area contributed by atoms with Crippen LogP contribution in [0.25, 0.3) is 0 Å². The number of rotatable bonds is 2. The zero-order valence-corrected chi connectivity index (χ0v) is 13.9. The number of amides is 1. The van der Waals surface area contributed by atoms with Crippen LogP contribution in [0.1, 0.15) is 29.6 Å². The molecule has 2 aliphatic rings. The number of aromatic hydroxyl groups is 1. The maximum Gasteiger partial charge on any atom is 0.230 e. The maximum atomic E-state index is 13.1. The molecule has 5 nitrogen and oxygen atoms in total. The van der Waals surface area contributed by atoms with E-state index < -0.39 is 0 Å². The molecule has 0 spiro atoms. The van der Waals surface area contributed by atoms with Gasteiger partial charge >= 0.3 is 0 Å². The number of carbonyl (C=O) groups is 1. The minimum absolute atomic E-state index is 0.129. The van der Waals surface area contributed by atoms with Crippen molar-refractivity contribution in [3.63, 3.8) is 0 Å². The molecule has 1 N–H and O–H groups in total. The zero-order chi connectivity index (χ0) is 17.2. The molecule has 0 aliphatic carbocycles. The third-order valence-electron chi connectivity index (χ3n) is 4.88. The standard InChI is InChI=1S/C20H21NO4/c22-15-5-3-4-14(12-15)19-13-21(9-11-25-19)20(23)17-8-10-24-18-7-2-1-6-16(17)18/h1-7,12,17,19,22H,8-11,13H2. The van der Waals surface area contributed by atoms with Gasteiger partial charge in [0, 0.05) is 12.1 Å². The summed E-state index contributed by atoms with van der Waals surface area (Å²) in [6, 6.07) is 14.8. The molecule has 1 amide bonds. The van der Waals surface area contributed by atoms with E-state index in [1.807, 2.05) is 35.2 Å². The summed E-state index contributed by atoms with van der Waals surface area (Å²) in [6.45, 7) is 2.15. The van der Waals surface area contributed by atoms with Crippen molar-refractivity contribution in [2.75, 3.05) is 26.3 Å². The highest BCUT2D eigenvalue weighted by molar-refractivity contribution is 5.85. The molecule has 5 heteroatoms. The lowest BCUT2D eigenvalue weighted by Crippen LogP contribution is -2.45. The lowest BCUT2D eigenvalue weighted by atomic mass is 9.91. The molecule has 0 saturated carbocycles. The fraction of sp³-hybridized carbons (Fsp3) is 0.350. The van der Waals surface area contributed by atoms with E-state index in [4.69, 9.17) is 9.47 Å². The summed E-state index contributed by atoms with van der Waals surface area (Å²) in [4.78, 5) is 15.0. The van der Waals surface area contributed by atoms with E-state index in [9.17, 15) is 9.90 Å². The summed E-state index contributed by atoms with van der Waals surface area (Å²) in [6.07, 6.45) is 0.490. The molecule has 130 valence electrons. The SMILES string of the molecule is O=C(C1CCOc2ccccc21)N1CCOC(c2cccc(O)c2)C1. The Balaban J connectivity index is 1.53. The molecule has 2 unspecified atom stereocenters. The van der Waals surface area contributed by atoms with Gasteiger partial charge in [0.25, 0.3) is 0 Å². The second-order valence-corrected chi connectivity index (χ2v) is 6.47. The van der Waals surface area contributed by atoms with Gasteiger partial charge in [-0.05, 0) is 30.2 Å². The Labute approximate surface area is 146 Å². The van der Waals surface area contributed by atoms with Crippen LogP contribution in [0.5, 0.6) is 11.5 Å². The minimum Gasteiger partial charge on any atom is -0.508 e. The van der Waals surface area contributed by atoms with Gasteiger partial charge in [-0.2, -0.15) is 0 Å². The molecule has 0 radical (unpaired) electrons. The number of carbonyl (C=O) groups excluding carboxylic acids is 1. The van der Waals surface area contributed by atoms with E-state index in [-0.39, 0.29) is 23.7 Å². The second-order valence-electron chi connectivity index (χ2n) is 6.47. The normalized spacial score (nSPS) is 22.8. The summed E-state index contributed by atoms with van der Waals surface area (Å²) in [7, 11) is 0. The molecule has 0 bridgehead atoms. The Morgan fingerprint density at radius 2 is 2.00 bits per heavy atom. The number of morpholine rings is 1. The minimum atomic E-state index is -0.208. The first-order chi connectivity index (χ1) is 12.2. The number of nitrogens with zero attached hydrogens (tertiary/aromatic N) is 1. The Morgan fingerprint density at radius 3 is 2.88 bits per heavy atom. The van der Waals surface area contributed by atoms with Crippen LogP contribution in [0.2, 0.25) is 0 Å². The highest BCUT2D eigenvalue weighted by atomic mass is 16.5. The fourth-order valence-corrected chi connectivity index (χ4v) is 3.60.